The SMILES string of the molecule is CC(O)CN.Nc1ccccc1.O. The van der Waals surface area contributed by atoms with Gasteiger partial charge in [0.15, 0.2) is 0 Å². The summed E-state index contributed by atoms with van der Waals surface area (Å²) >= 11 is 0. The zero-order valence-electron chi connectivity index (χ0n) is 7.77. The first-order valence-corrected chi connectivity index (χ1v) is 3.85. The molecule has 0 aliphatic rings. The van der Waals surface area contributed by atoms with E-state index < -0.39 is 0 Å². The smallest absolute Gasteiger partial charge is 0.0634 e. The minimum Gasteiger partial charge on any atom is -0.412 e. The van der Waals surface area contributed by atoms with Crippen molar-refractivity contribution in [3.63, 3.8) is 0 Å². The average Bonchev–Trinajstić information content (AvgIpc) is 2.07. The molecule has 0 saturated carbocycles. The van der Waals surface area contributed by atoms with Crippen LogP contribution in [0.5, 0.6) is 0 Å². The Morgan fingerprint density at radius 3 is 1.85 bits per heavy atom. The topological polar surface area (TPSA) is 104 Å². The predicted molar refractivity (Wildman–Crippen MR) is 55.2 cm³/mol. The lowest BCUT2D eigenvalue weighted by atomic mass is 10.3. The molecule has 4 heteroatoms. The van der Waals surface area contributed by atoms with E-state index in [2.05, 4.69) is 0 Å². The average molecular weight is 186 g/mol. The van der Waals surface area contributed by atoms with Gasteiger partial charge in [-0.05, 0) is 19.1 Å². The van der Waals surface area contributed by atoms with E-state index in [0.717, 1.165) is 5.69 Å². The van der Waals surface area contributed by atoms with Crippen molar-refractivity contribution in [2.75, 3.05) is 12.3 Å². The molecule has 1 unspecified atom stereocenters. The fourth-order valence-corrected chi connectivity index (χ4v) is 0.453. The van der Waals surface area contributed by atoms with Crippen molar-refractivity contribution < 1.29 is 10.6 Å². The van der Waals surface area contributed by atoms with Crippen LogP contribution in [0.3, 0.4) is 0 Å². The zero-order chi connectivity index (χ0) is 9.40. The van der Waals surface area contributed by atoms with Gasteiger partial charge in [0.2, 0.25) is 0 Å². The van der Waals surface area contributed by atoms with Gasteiger partial charge in [0.05, 0.1) is 6.10 Å². The summed E-state index contributed by atoms with van der Waals surface area (Å²) < 4.78 is 0. The van der Waals surface area contributed by atoms with Gasteiger partial charge in [-0.2, -0.15) is 0 Å². The number of hydrogen-bond acceptors (Lipinski definition) is 3. The Hall–Kier alpha value is -1.10. The number of aliphatic hydroxyl groups is 1. The summed E-state index contributed by atoms with van der Waals surface area (Å²) in [5.41, 5.74) is 11.1. The van der Waals surface area contributed by atoms with Gasteiger partial charge in [-0.3, -0.25) is 0 Å². The van der Waals surface area contributed by atoms with Crippen LogP contribution < -0.4 is 11.5 Å². The van der Waals surface area contributed by atoms with Gasteiger partial charge in [0.1, 0.15) is 0 Å². The van der Waals surface area contributed by atoms with Gasteiger partial charge < -0.3 is 22.1 Å². The van der Waals surface area contributed by atoms with Crippen molar-refractivity contribution >= 4 is 5.69 Å². The van der Waals surface area contributed by atoms with Crippen LogP contribution >= 0.6 is 0 Å². The molecule has 0 spiro atoms. The van der Waals surface area contributed by atoms with Crippen LogP contribution in [0.4, 0.5) is 5.69 Å². The maximum absolute atomic E-state index is 8.24. The third-order valence-corrected chi connectivity index (χ3v) is 1.14. The van der Waals surface area contributed by atoms with Gasteiger partial charge in [0, 0.05) is 12.2 Å². The number of para-hydroxylation sites is 1. The summed E-state index contributed by atoms with van der Waals surface area (Å²) in [5, 5.41) is 8.24. The molecule has 0 radical (unpaired) electrons. The highest BCUT2D eigenvalue weighted by molar-refractivity contribution is 5.35. The number of anilines is 1. The van der Waals surface area contributed by atoms with Crippen LogP contribution in [-0.4, -0.2) is 23.2 Å². The first-order chi connectivity index (χ1) is 5.66. The molecular weight excluding hydrogens is 168 g/mol. The molecule has 0 fully saturated rings. The maximum Gasteiger partial charge on any atom is 0.0634 e. The molecule has 1 rings (SSSR count). The quantitative estimate of drug-likeness (QED) is 0.528. The first-order valence-electron chi connectivity index (χ1n) is 3.85. The lowest BCUT2D eigenvalue weighted by Gasteiger charge is -1.91. The third kappa shape index (κ3) is 10.9. The van der Waals surface area contributed by atoms with Gasteiger partial charge in [-0.1, -0.05) is 18.2 Å². The molecule has 0 heterocycles. The van der Waals surface area contributed by atoms with E-state index in [-0.39, 0.29) is 11.6 Å². The molecule has 76 valence electrons. The molecule has 4 nitrogen and oxygen atoms in total. The second kappa shape index (κ2) is 8.99. The minimum atomic E-state index is -0.338. The van der Waals surface area contributed by atoms with Crippen LogP contribution in [0.25, 0.3) is 0 Å². The lowest BCUT2D eigenvalue weighted by molar-refractivity contribution is 0.203. The standard InChI is InChI=1S/C6H7N.C3H9NO.H2O/c7-6-4-2-1-3-5-6;1-3(5)2-4;/h1-5H,7H2;3,5H,2,4H2,1H3;1H2. The number of nitrogen functional groups attached to an aromatic ring is 1. The van der Waals surface area contributed by atoms with Crippen molar-refractivity contribution in [3.05, 3.63) is 30.3 Å². The van der Waals surface area contributed by atoms with Gasteiger partial charge in [-0.25, -0.2) is 0 Å². The minimum absolute atomic E-state index is 0. The Labute approximate surface area is 78.5 Å². The molecule has 0 aliphatic carbocycles. The van der Waals surface area contributed by atoms with E-state index in [4.69, 9.17) is 16.6 Å². The van der Waals surface area contributed by atoms with E-state index in [1.54, 1.807) is 6.92 Å². The van der Waals surface area contributed by atoms with Crippen molar-refractivity contribution in [1.29, 1.82) is 0 Å². The van der Waals surface area contributed by atoms with Crippen LogP contribution in [0, 0.1) is 0 Å². The highest BCUT2D eigenvalue weighted by atomic mass is 16.3. The number of nitrogens with two attached hydrogens (primary N) is 2. The summed E-state index contributed by atoms with van der Waals surface area (Å²) in [4.78, 5) is 0. The molecule has 1 aromatic carbocycles. The van der Waals surface area contributed by atoms with Crippen molar-refractivity contribution in [1.82, 2.24) is 0 Å². The second-order valence-corrected chi connectivity index (χ2v) is 2.50. The molecule has 0 aliphatic heterocycles. The summed E-state index contributed by atoms with van der Waals surface area (Å²) in [7, 11) is 0. The summed E-state index contributed by atoms with van der Waals surface area (Å²) in [6.45, 7) is 2.01. The summed E-state index contributed by atoms with van der Waals surface area (Å²) in [6, 6.07) is 9.49. The Morgan fingerprint density at radius 2 is 1.69 bits per heavy atom. The largest absolute Gasteiger partial charge is 0.412 e. The second-order valence-electron chi connectivity index (χ2n) is 2.50. The predicted octanol–water partition coefficient (Wildman–Crippen LogP) is -0.230. The summed E-state index contributed by atoms with van der Waals surface area (Å²) in [5.74, 6) is 0. The number of hydrogen-bond donors (Lipinski definition) is 3. The van der Waals surface area contributed by atoms with Crippen LogP contribution in [-0.2, 0) is 0 Å². The van der Waals surface area contributed by atoms with Crippen molar-refractivity contribution in [2.24, 2.45) is 5.73 Å². The third-order valence-electron chi connectivity index (χ3n) is 1.14. The van der Waals surface area contributed by atoms with E-state index in [0.29, 0.717) is 6.54 Å². The van der Waals surface area contributed by atoms with Crippen molar-refractivity contribution in [3.8, 4) is 0 Å². The number of rotatable bonds is 1. The zero-order valence-corrected chi connectivity index (χ0v) is 7.77. The highest BCUT2D eigenvalue weighted by Gasteiger charge is 1.81. The van der Waals surface area contributed by atoms with Gasteiger partial charge >= 0.3 is 0 Å². The molecular formula is C9H18N2O2. The molecule has 1 atom stereocenters. The Morgan fingerprint density at radius 1 is 1.31 bits per heavy atom. The fraction of sp³-hybridized carbons (Fsp3) is 0.333. The highest BCUT2D eigenvalue weighted by Crippen LogP contribution is 1.95. The molecule has 0 saturated heterocycles. The number of aliphatic hydroxyl groups excluding tert-OH is 1. The molecule has 0 aromatic heterocycles. The molecule has 7 N–H and O–H groups in total. The Kier molecular flexibility index (Phi) is 9.98. The van der Waals surface area contributed by atoms with Gasteiger partial charge in [-0.15, -0.1) is 0 Å². The van der Waals surface area contributed by atoms with Crippen LogP contribution in [0.1, 0.15) is 6.92 Å². The lowest BCUT2D eigenvalue weighted by Crippen LogP contribution is -2.14. The molecule has 0 bridgehead atoms. The Bertz CT molecular complexity index is 190. The van der Waals surface area contributed by atoms with Crippen molar-refractivity contribution in [2.45, 2.75) is 13.0 Å². The summed E-state index contributed by atoms with van der Waals surface area (Å²) in [6.07, 6.45) is -0.338. The normalized spacial score (nSPS) is 10.4. The first kappa shape index (κ1) is 14.4. The maximum atomic E-state index is 8.24. The Balaban J connectivity index is 0. The van der Waals surface area contributed by atoms with Gasteiger partial charge in [0.25, 0.3) is 0 Å². The van der Waals surface area contributed by atoms with Crippen LogP contribution in [0.2, 0.25) is 0 Å². The van der Waals surface area contributed by atoms with E-state index in [1.165, 1.54) is 0 Å². The van der Waals surface area contributed by atoms with E-state index >= 15 is 0 Å². The number of benzene rings is 1. The fourth-order valence-electron chi connectivity index (χ4n) is 0.453. The monoisotopic (exact) mass is 186 g/mol. The molecule has 13 heavy (non-hydrogen) atoms. The van der Waals surface area contributed by atoms with E-state index in [1.807, 2.05) is 30.3 Å². The van der Waals surface area contributed by atoms with E-state index in [9.17, 15) is 0 Å². The van der Waals surface area contributed by atoms with Crippen LogP contribution in [0.15, 0.2) is 30.3 Å². The molecule has 1 aromatic rings. The molecule has 0 amide bonds.